The van der Waals surface area contributed by atoms with Crippen molar-refractivity contribution in [1.82, 2.24) is 4.98 Å². The van der Waals surface area contributed by atoms with E-state index in [0.717, 1.165) is 0 Å². The van der Waals surface area contributed by atoms with Crippen molar-refractivity contribution in [3.63, 3.8) is 0 Å². The standard InChI is InChI=1S/C12H16N2O6/c1-12(2)19-10-9(17-3)8(18-11(10)20-12)6-4-13-5-7(6)14(15)16/h4-5,8-11,13H,1-3H3/t8-,9+,10-,11-/m1/s1. The third-order valence-corrected chi connectivity index (χ3v) is 3.52. The SMILES string of the molecule is CO[C@@H]1[C@H]2OC(C)(C)O[C@H]2O[C@@H]1c1c[nH]cc1[N+](=O)[O-]. The number of hydrogen-bond acceptors (Lipinski definition) is 6. The molecule has 1 aromatic rings. The van der Waals surface area contributed by atoms with Crippen molar-refractivity contribution in [2.45, 2.75) is 44.2 Å². The molecule has 1 aromatic heterocycles. The molecule has 2 saturated heterocycles. The molecule has 110 valence electrons. The average molecular weight is 284 g/mol. The summed E-state index contributed by atoms with van der Waals surface area (Å²) < 4.78 is 22.6. The van der Waals surface area contributed by atoms with E-state index in [0.29, 0.717) is 5.56 Å². The van der Waals surface area contributed by atoms with E-state index in [1.807, 2.05) is 0 Å². The van der Waals surface area contributed by atoms with Crippen LogP contribution in [0, 0.1) is 10.1 Å². The first-order valence-corrected chi connectivity index (χ1v) is 6.28. The second-order valence-electron chi connectivity index (χ2n) is 5.28. The van der Waals surface area contributed by atoms with Crippen molar-refractivity contribution in [2.75, 3.05) is 7.11 Å². The minimum absolute atomic E-state index is 0.0312. The summed E-state index contributed by atoms with van der Waals surface area (Å²) in [5.41, 5.74) is 0.400. The molecular formula is C12H16N2O6. The van der Waals surface area contributed by atoms with Gasteiger partial charge < -0.3 is 23.9 Å². The Bertz CT molecular complexity index is 528. The molecule has 1 N–H and O–H groups in total. The molecule has 2 aliphatic heterocycles. The number of nitro groups is 1. The van der Waals surface area contributed by atoms with Gasteiger partial charge >= 0.3 is 0 Å². The quantitative estimate of drug-likeness (QED) is 0.667. The van der Waals surface area contributed by atoms with Crippen LogP contribution in [-0.2, 0) is 18.9 Å². The van der Waals surface area contributed by atoms with Gasteiger partial charge in [-0.15, -0.1) is 0 Å². The number of ether oxygens (including phenoxy) is 4. The minimum atomic E-state index is -0.749. The van der Waals surface area contributed by atoms with Gasteiger partial charge in [-0.1, -0.05) is 0 Å². The van der Waals surface area contributed by atoms with Crippen molar-refractivity contribution in [3.05, 3.63) is 28.1 Å². The molecule has 0 aromatic carbocycles. The Morgan fingerprint density at radius 1 is 1.40 bits per heavy atom. The molecule has 8 nitrogen and oxygen atoms in total. The van der Waals surface area contributed by atoms with Gasteiger partial charge in [0.1, 0.15) is 18.3 Å². The van der Waals surface area contributed by atoms with Crippen molar-refractivity contribution in [2.24, 2.45) is 0 Å². The highest BCUT2D eigenvalue weighted by Gasteiger charge is 2.56. The van der Waals surface area contributed by atoms with Gasteiger partial charge in [0.2, 0.25) is 0 Å². The van der Waals surface area contributed by atoms with E-state index in [9.17, 15) is 10.1 Å². The molecule has 2 aliphatic rings. The van der Waals surface area contributed by atoms with Crippen LogP contribution in [0.5, 0.6) is 0 Å². The van der Waals surface area contributed by atoms with Crippen LogP contribution in [0.3, 0.4) is 0 Å². The number of aromatic nitrogens is 1. The number of hydrogen-bond donors (Lipinski definition) is 1. The molecule has 0 bridgehead atoms. The third kappa shape index (κ3) is 2.01. The van der Waals surface area contributed by atoms with Crippen LogP contribution in [-0.4, -0.2) is 41.3 Å². The second kappa shape index (κ2) is 4.52. The van der Waals surface area contributed by atoms with Gasteiger partial charge in [0.25, 0.3) is 5.69 Å². The summed E-state index contributed by atoms with van der Waals surface area (Å²) in [5.74, 6) is -0.749. The molecule has 0 spiro atoms. The maximum atomic E-state index is 11.0. The molecule has 0 radical (unpaired) electrons. The van der Waals surface area contributed by atoms with E-state index in [4.69, 9.17) is 18.9 Å². The maximum absolute atomic E-state index is 11.0. The Balaban J connectivity index is 1.89. The van der Waals surface area contributed by atoms with Gasteiger partial charge in [-0.2, -0.15) is 0 Å². The fraction of sp³-hybridized carbons (Fsp3) is 0.667. The lowest BCUT2D eigenvalue weighted by Crippen LogP contribution is -2.32. The predicted molar refractivity (Wildman–Crippen MR) is 65.9 cm³/mol. The van der Waals surface area contributed by atoms with E-state index in [2.05, 4.69) is 4.98 Å². The summed E-state index contributed by atoms with van der Waals surface area (Å²) in [7, 11) is 1.52. The van der Waals surface area contributed by atoms with Gasteiger partial charge in [-0.3, -0.25) is 10.1 Å². The van der Waals surface area contributed by atoms with Crippen molar-refractivity contribution >= 4 is 5.69 Å². The zero-order chi connectivity index (χ0) is 14.5. The number of methoxy groups -OCH3 is 1. The van der Waals surface area contributed by atoms with Crippen LogP contribution in [0.4, 0.5) is 5.69 Å². The Labute approximate surface area is 115 Å². The van der Waals surface area contributed by atoms with Crippen molar-refractivity contribution in [3.8, 4) is 0 Å². The van der Waals surface area contributed by atoms with Crippen molar-refractivity contribution < 1.29 is 23.9 Å². The highest BCUT2D eigenvalue weighted by atomic mass is 16.8. The van der Waals surface area contributed by atoms with E-state index < -0.39 is 35.3 Å². The molecule has 0 unspecified atom stereocenters. The Morgan fingerprint density at radius 2 is 2.15 bits per heavy atom. The van der Waals surface area contributed by atoms with Gasteiger partial charge in [-0.25, -0.2) is 0 Å². The number of fused-ring (bicyclic) bond motifs is 1. The van der Waals surface area contributed by atoms with Gasteiger partial charge in [-0.05, 0) is 13.8 Å². The first kappa shape index (κ1) is 13.5. The van der Waals surface area contributed by atoms with Gasteiger partial charge in [0, 0.05) is 13.3 Å². The second-order valence-corrected chi connectivity index (χ2v) is 5.28. The smallest absolute Gasteiger partial charge is 0.292 e. The lowest BCUT2D eigenvalue weighted by atomic mass is 10.0. The molecular weight excluding hydrogens is 268 g/mol. The highest BCUT2D eigenvalue weighted by Crippen LogP contribution is 2.46. The normalized spacial score (nSPS) is 35.1. The van der Waals surface area contributed by atoms with Crippen molar-refractivity contribution in [1.29, 1.82) is 0 Å². The van der Waals surface area contributed by atoms with Crippen LogP contribution >= 0.6 is 0 Å². The summed E-state index contributed by atoms with van der Waals surface area (Å²) in [6.45, 7) is 3.57. The fourth-order valence-electron chi connectivity index (χ4n) is 2.74. The lowest BCUT2D eigenvalue weighted by Gasteiger charge is -2.24. The van der Waals surface area contributed by atoms with Crippen LogP contribution in [0.25, 0.3) is 0 Å². The number of nitrogens with zero attached hydrogens (tertiary/aromatic N) is 1. The summed E-state index contributed by atoms with van der Waals surface area (Å²) >= 11 is 0. The highest BCUT2D eigenvalue weighted by molar-refractivity contribution is 5.40. The summed E-state index contributed by atoms with van der Waals surface area (Å²) in [6, 6.07) is 0. The van der Waals surface area contributed by atoms with E-state index in [1.165, 1.54) is 13.3 Å². The molecule has 0 saturated carbocycles. The van der Waals surface area contributed by atoms with E-state index >= 15 is 0 Å². The molecule has 20 heavy (non-hydrogen) atoms. The molecule has 0 aliphatic carbocycles. The average Bonchev–Trinajstić information content (AvgIpc) is 2.99. The predicted octanol–water partition coefficient (Wildman–Crippen LogP) is 1.49. The maximum Gasteiger partial charge on any atom is 0.292 e. The first-order valence-electron chi connectivity index (χ1n) is 6.28. The summed E-state index contributed by atoms with van der Waals surface area (Å²) in [5, 5.41) is 11.0. The third-order valence-electron chi connectivity index (χ3n) is 3.52. The number of rotatable bonds is 3. The molecule has 3 heterocycles. The first-order chi connectivity index (χ1) is 9.43. The number of aromatic amines is 1. The minimum Gasteiger partial charge on any atom is -0.375 e. The summed E-state index contributed by atoms with van der Waals surface area (Å²) in [6.07, 6.45) is 0.810. The van der Waals surface area contributed by atoms with E-state index in [1.54, 1.807) is 20.0 Å². The molecule has 2 fully saturated rings. The topological polar surface area (TPSA) is 95.8 Å². The molecule has 3 rings (SSSR count). The van der Waals surface area contributed by atoms with Crippen LogP contribution in [0.1, 0.15) is 25.5 Å². The Kier molecular flexibility index (Phi) is 3.05. The van der Waals surface area contributed by atoms with Crippen LogP contribution in [0.15, 0.2) is 12.4 Å². The summed E-state index contributed by atoms with van der Waals surface area (Å²) in [4.78, 5) is 13.3. The number of H-pyrrole nitrogens is 1. The zero-order valence-corrected chi connectivity index (χ0v) is 11.4. The zero-order valence-electron chi connectivity index (χ0n) is 11.4. The largest absolute Gasteiger partial charge is 0.375 e. The molecule has 4 atom stereocenters. The molecule has 0 amide bonds. The Hall–Kier alpha value is -1.48. The lowest BCUT2D eigenvalue weighted by molar-refractivity contribution is -0.386. The molecule has 8 heteroatoms. The Morgan fingerprint density at radius 3 is 2.80 bits per heavy atom. The fourth-order valence-corrected chi connectivity index (χ4v) is 2.74. The monoisotopic (exact) mass is 284 g/mol. The van der Waals surface area contributed by atoms with Crippen LogP contribution in [0.2, 0.25) is 0 Å². The van der Waals surface area contributed by atoms with Gasteiger partial charge in [0.15, 0.2) is 12.1 Å². The number of nitrogens with one attached hydrogen (secondary N) is 1. The van der Waals surface area contributed by atoms with Gasteiger partial charge in [0.05, 0.1) is 16.7 Å². The van der Waals surface area contributed by atoms with Crippen LogP contribution < -0.4 is 0 Å². The van der Waals surface area contributed by atoms with E-state index in [-0.39, 0.29) is 5.69 Å².